The highest BCUT2D eigenvalue weighted by atomic mass is 16.2. The van der Waals surface area contributed by atoms with Gasteiger partial charge < -0.3 is 10.6 Å². The Morgan fingerprint density at radius 3 is 3.13 bits per heavy atom. The Bertz CT molecular complexity index is 642. The molecule has 1 atom stereocenters. The topological polar surface area (TPSA) is 75.1 Å². The molecule has 0 unspecified atom stereocenters. The summed E-state index contributed by atoms with van der Waals surface area (Å²) in [4.78, 5) is 18.4. The van der Waals surface area contributed by atoms with Crippen LogP contribution in [0.5, 0.6) is 0 Å². The van der Waals surface area contributed by atoms with Crippen molar-refractivity contribution in [2.75, 3.05) is 25.0 Å². The first kappa shape index (κ1) is 15.5. The number of urea groups is 1. The molecule has 2 amide bonds. The van der Waals surface area contributed by atoms with Gasteiger partial charge in [0.15, 0.2) is 0 Å². The summed E-state index contributed by atoms with van der Waals surface area (Å²) < 4.78 is 1.65. The molecule has 122 valence electrons. The third kappa shape index (κ3) is 3.87. The number of nitrogens with one attached hydrogen (secondary N) is 2. The van der Waals surface area contributed by atoms with Crippen molar-refractivity contribution in [1.29, 1.82) is 0 Å². The second-order valence-corrected chi connectivity index (χ2v) is 5.65. The van der Waals surface area contributed by atoms with Crippen molar-refractivity contribution >= 4 is 11.7 Å². The SMILES string of the molecule is CCN1CCC[C@@H]1CNC(=O)Nc1cccc(-n2cncn2)c1. The molecule has 1 aliphatic heterocycles. The molecule has 2 N–H and O–H groups in total. The van der Waals surface area contributed by atoms with Gasteiger partial charge in [-0.2, -0.15) is 5.10 Å². The number of carbonyl (C=O) groups is 1. The molecular formula is C16H22N6O. The van der Waals surface area contributed by atoms with Gasteiger partial charge in [-0.05, 0) is 44.1 Å². The maximum Gasteiger partial charge on any atom is 0.319 e. The number of hydrogen-bond acceptors (Lipinski definition) is 4. The van der Waals surface area contributed by atoms with E-state index in [9.17, 15) is 4.79 Å². The number of anilines is 1. The quantitative estimate of drug-likeness (QED) is 0.883. The Balaban J connectivity index is 1.55. The molecule has 3 rings (SSSR count). The summed E-state index contributed by atoms with van der Waals surface area (Å²) in [7, 11) is 0. The molecule has 0 saturated carbocycles. The van der Waals surface area contributed by atoms with Crippen molar-refractivity contribution in [2.24, 2.45) is 0 Å². The maximum absolute atomic E-state index is 12.1. The standard InChI is InChI=1S/C16H22N6O/c1-2-21-8-4-7-15(21)10-18-16(23)20-13-5-3-6-14(9-13)22-12-17-11-19-22/h3,5-6,9,11-12,15H,2,4,7-8,10H2,1H3,(H2,18,20,23)/t15-/m1/s1. The van der Waals surface area contributed by atoms with E-state index in [0.29, 0.717) is 12.6 Å². The number of hydrogen-bond donors (Lipinski definition) is 2. The van der Waals surface area contributed by atoms with E-state index in [0.717, 1.165) is 30.9 Å². The van der Waals surface area contributed by atoms with E-state index in [1.165, 1.54) is 12.7 Å². The minimum atomic E-state index is -0.177. The number of likely N-dealkylation sites (tertiary alicyclic amines) is 1. The molecule has 0 radical (unpaired) electrons. The average Bonchev–Trinajstić information content (AvgIpc) is 3.24. The van der Waals surface area contributed by atoms with Crippen molar-refractivity contribution < 1.29 is 4.79 Å². The van der Waals surface area contributed by atoms with Gasteiger partial charge in [0.05, 0.1) is 5.69 Å². The predicted molar refractivity (Wildman–Crippen MR) is 88.6 cm³/mol. The van der Waals surface area contributed by atoms with Crippen LogP contribution in [0.4, 0.5) is 10.5 Å². The monoisotopic (exact) mass is 314 g/mol. The van der Waals surface area contributed by atoms with Crippen LogP contribution in [-0.2, 0) is 0 Å². The van der Waals surface area contributed by atoms with Crippen LogP contribution in [0.1, 0.15) is 19.8 Å². The number of carbonyl (C=O) groups excluding carboxylic acids is 1. The molecule has 1 aliphatic rings. The van der Waals surface area contributed by atoms with Gasteiger partial charge in [-0.1, -0.05) is 13.0 Å². The van der Waals surface area contributed by atoms with Crippen LogP contribution in [0.2, 0.25) is 0 Å². The van der Waals surface area contributed by atoms with E-state index in [1.807, 2.05) is 24.3 Å². The maximum atomic E-state index is 12.1. The summed E-state index contributed by atoms with van der Waals surface area (Å²) in [6.45, 7) is 5.01. The highest BCUT2D eigenvalue weighted by Crippen LogP contribution is 2.16. The number of amides is 2. The summed E-state index contributed by atoms with van der Waals surface area (Å²) in [6.07, 6.45) is 5.46. The van der Waals surface area contributed by atoms with Crippen molar-refractivity contribution in [1.82, 2.24) is 25.0 Å². The van der Waals surface area contributed by atoms with E-state index >= 15 is 0 Å². The average molecular weight is 314 g/mol. The Hall–Kier alpha value is -2.41. The second kappa shape index (κ2) is 7.23. The van der Waals surface area contributed by atoms with E-state index < -0.39 is 0 Å². The lowest BCUT2D eigenvalue weighted by molar-refractivity contribution is 0.238. The van der Waals surface area contributed by atoms with Crippen LogP contribution in [-0.4, -0.2) is 51.4 Å². The lowest BCUT2D eigenvalue weighted by Crippen LogP contribution is -2.41. The fourth-order valence-electron chi connectivity index (χ4n) is 3.00. The Morgan fingerprint density at radius 2 is 2.35 bits per heavy atom. The summed E-state index contributed by atoms with van der Waals surface area (Å²) in [5.74, 6) is 0. The molecule has 0 spiro atoms. The number of aromatic nitrogens is 3. The molecule has 2 heterocycles. The van der Waals surface area contributed by atoms with Crippen molar-refractivity contribution in [3.8, 4) is 5.69 Å². The number of likely N-dealkylation sites (N-methyl/N-ethyl adjacent to an activating group) is 1. The van der Waals surface area contributed by atoms with Gasteiger partial charge in [-0.3, -0.25) is 4.90 Å². The minimum Gasteiger partial charge on any atom is -0.336 e. The van der Waals surface area contributed by atoms with Crippen molar-refractivity contribution in [2.45, 2.75) is 25.8 Å². The summed E-state index contributed by atoms with van der Waals surface area (Å²) in [6, 6.07) is 7.78. The third-order valence-electron chi connectivity index (χ3n) is 4.19. The van der Waals surface area contributed by atoms with Crippen LogP contribution < -0.4 is 10.6 Å². The fourth-order valence-corrected chi connectivity index (χ4v) is 3.00. The molecule has 1 aromatic heterocycles. The highest BCUT2D eigenvalue weighted by molar-refractivity contribution is 5.89. The zero-order chi connectivity index (χ0) is 16.1. The highest BCUT2D eigenvalue weighted by Gasteiger charge is 2.23. The molecular weight excluding hydrogens is 292 g/mol. The summed E-state index contributed by atoms with van der Waals surface area (Å²) >= 11 is 0. The first-order chi connectivity index (χ1) is 11.3. The van der Waals surface area contributed by atoms with Crippen LogP contribution in [0.25, 0.3) is 5.69 Å². The molecule has 7 nitrogen and oxygen atoms in total. The number of nitrogens with zero attached hydrogens (tertiary/aromatic N) is 4. The lowest BCUT2D eigenvalue weighted by Gasteiger charge is -2.22. The van der Waals surface area contributed by atoms with E-state index in [-0.39, 0.29) is 6.03 Å². The summed E-state index contributed by atoms with van der Waals surface area (Å²) in [5, 5.41) is 9.92. The van der Waals surface area contributed by atoms with Crippen LogP contribution in [0.15, 0.2) is 36.9 Å². The zero-order valence-corrected chi connectivity index (χ0v) is 13.3. The van der Waals surface area contributed by atoms with Crippen LogP contribution in [0.3, 0.4) is 0 Å². The second-order valence-electron chi connectivity index (χ2n) is 5.65. The normalized spacial score (nSPS) is 18.0. The van der Waals surface area contributed by atoms with Gasteiger partial charge in [0.2, 0.25) is 0 Å². The van der Waals surface area contributed by atoms with Crippen LogP contribution >= 0.6 is 0 Å². The van der Waals surface area contributed by atoms with Crippen molar-refractivity contribution in [3.05, 3.63) is 36.9 Å². The van der Waals surface area contributed by atoms with Gasteiger partial charge in [-0.15, -0.1) is 0 Å². The molecule has 0 bridgehead atoms. The molecule has 1 fully saturated rings. The van der Waals surface area contributed by atoms with Gasteiger partial charge in [-0.25, -0.2) is 14.5 Å². The minimum absolute atomic E-state index is 0.177. The van der Waals surface area contributed by atoms with Gasteiger partial charge >= 0.3 is 6.03 Å². The molecule has 23 heavy (non-hydrogen) atoms. The summed E-state index contributed by atoms with van der Waals surface area (Å²) in [5.41, 5.74) is 1.59. The molecule has 7 heteroatoms. The van der Waals surface area contributed by atoms with E-state index in [4.69, 9.17) is 0 Å². The first-order valence-corrected chi connectivity index (χ1v) is 8.00. The predicted octanol–water partition coefficient (Wildman–Crippen LogP) is 1.87. The Morgan fingerprint density at radius 1 is 1.43 bits per heavy atom. The van der Waals surface area contributed by atoms with Gasteiger partial charge in [0.25, 0.3) is 0 Å². The van der Waals surface area contributed by atoms with E-state index in [1.54, 1.807) is 11.0 Å². The molecule has 1 saturated heterocycles. The largest absolute Gasteiger partial charge is 0.336 e. The molecule has 2 aromatic rings. The first-order valence-electron chi connectivity index (χ1n) is 8.00. The molecule has 0 aliphatic carbocycles. The number of rotatable bonds is 5. The van der Waals surface area contributed by atoms with Gasteiger partial charge in [0.1, 0.15) is 12.7 Å². The smallest absolute Gasteiger partial charge is 0.319 e. The Labute approximate surface area is 135 Å². The lowest BCUT2D eigenvalue weighted by atomic mass is 10.2. The Kier molecular flexibility index (Phi) is 4.87. The van der Waals surface area contributed by atoms with E-state index in [2.05, 4.69) is 32.5 Å². The van der Waals surface area contributed by atoms with Crippen molar-refractivity contribution in [3.63, 3.8) is 0 Å². The number of benzene rings is 1. The zero-order valence-electron chi connectivity index (χ0n) is 13.3. The third-order valence-corrected chi connectivity index (χ3v) is 4.19. The van der Waals surface area contributed by atoms with Gasteiger partial charge in [0, 0.05) is 18.3 Å². The van der Waals surface area contributed by atoms with Crippen LogP contribution in [0, 0.1) is 0 Å². The fraction of sp³-hybridized carbons (Fsp3) is 0.438. The molecule has 1 aromatic carbocycles.